The van der Waals surface area contributed by atoms with Crippen molar-refractivity contribution in [3.05, 3.63) is 58.1 Å². The zero-order valence-electron chi connectivity index (χ0n) is 10.4. The molecule has 2 rings (SSSR count). The third-order valence-electron chi connectivity index (χ3n) is 2.54. The number of nitro groups is 1. The van der Waals surface area contributed by atoms with Crippen LogP contribution in [0.15, 0.2) is 36.4 Å². The van der Waals surface area contributed by atoms with Gasteiger partial charge in [0.05, 0.1) is 23.8 Å². The number of methoxy groups -OCH3 is 1. The van der Waals surface area contributed by atoms with Crippen molar-refractivity contribution in [2.24, 2.45) is 0 Å². The number of anilines is 2. The fourth-order valence-electron chi connectivity index (χ4n) is 1.68. The number of nitro benzene ring substituents is 1. The lowest BCUT2D eigenvalue weighted by molar-refractivity contribution is -0.385. The first-order chi connectivity index (χ1) is 9.49. The number of nitrogens with one attached hydrogen (secondary N) is 1. The molecule has 0 spiro atoms. The number of benzene rings is 2. The molecule has 5 nitrogen and oxygen atoms in total. The van der Waals surface area contributed by atoms with Crippen LogP contribution >= 0.6 is 0 Å². The average molecular weight is 280 g/mol. The molecule has 0 radical (unpaired) electrons. The van der Waals surface area contributed by atoms with Crippen molar-refractivity contribution in [2.75, 3.05) is 12.4 Å². The molecule has 0 aliphatic carbocycles. The van der Waals surface area contributed by atoms with E-state index < -0.39 is 16.6 Å². The summed E-state index contributed by atoms with van der Waals surface area (Å²) in [5, 5.41) is 13.4. The number of hydrogen-bond acceptors (Lipinski definition) is 4. The molecule has 2 aromatic carbocycles. The van der Waals surface area contributed by atoms with Crippen molar-refractivity contribution < 1.29 is 18.4 Å². The van der Waals surface area contributed by atoms with Gasteiger partial charge in [-0.2, -0.15) is 0 Å². The number of nitrogens with zero attached hydrogens (tertiary/aromatic N) is 1. The van der Waals surface area contributed by atoms with Crippen LogP contribution in [0.25, 0.3) is 0 Å². The average Bonchev–Trinajstić information content (AvgIpc) is 2.40. The van der Waals surface area contributed by atoms with E-state index in [-0.39, 0.29) is 17.1 Å². The predicted molar refractivity (Wildman–Crippen MR) is 69.3 cm³/mol. The van der Waals surface area contributed by atoms with Crippen LogP contribution in [0.1, 0.15) is 0 Å². The molecule has 7 heteroatoms. The third kappa shape index (κ3) is 3.00. The van der Waals surface area contributed by atoms with Crippen molar-refractivity contribution in [3.63, 3.8) is 0 Å². The lowest BCUT2D eigenvalue weighted by Gasteiger charge is -2.11. The molecule has 0 bridgehead atoms. The van der Waals surface area contributed by atoms with Crippen LogP contribution in [-0.4, -0.2) is 12.0 Å². The Hall–Kier alpha value is -2.70. The molecular formula is C13H10F2N2O3. The molecule has 0 saturated carbocycles. The van der Waals surface area contributed by atoms with Gasteiger partial charge in [0.1, 0.15) is 17.4 Å². The van der Waals surface area contributed by atoms with Gasteiger partial charge in [0.2, 0.25) is 0 Å². The monoisotopic (exact) mass is 280 g/mol. The van der Waals surface area contributed by atoms with Crippen molar-refractivity contribution in [1.82, 2.24) is 0 Å². The third-order valence-corrected chi connectivity index (χ3v) is 2.54. The van der Waals surface area contributed by atoms with Crippen molar-refractivity contribution in [1.29, 1.82) is 0 Å². The second-order valence-corrected chi connectivity index (χ2v) is 3.92. The standard InChI is InChI=1S/C13H10F2N2O3/c1-20-13-6-8(14)2-3-12(13)16-10-4-9(15)5-11(7-10)17(18)19/h2-7,16H,1H3. The maximum absolute atomic E-state index is 13.3. The maximum atomic E-state index is 13.3. The Morgan fingerprint density at radius 3 is 2.55 bits per heavy atom. The molecular weight excluding hydrogens is 270 g/mol. The van der Waals surface area contributed by atoms with E-state index in [0.717, 1.165) is 18.2 Å². The van der Waals surface area contributed by atoms with Gasteiger partial charge in [-0.15, -0.1) is 0 Å². The van der Waals surface area contributed by atoms with Crippen LogP contribution in [0.2, 0.25) is 0 Å². The summed E-state index contributed by atoms with van der Waals surface area (Å²) < 4.78 is 31.3. The van der Waals surface area contributed by atoms with Crippen LogP contribution in [0.5, 0.6) is 5.75 Å². The highest BCUT2D eigenvalue weighted by Crippen LogP contribution is 2.30. The molecule has 0 heterocycles. The summed E-state index contributed by atoms with van der Waals surface area (Å²) >= 11 is 0. The maximum Gasteiger partial charge on any atom is 0.274 e. The number of halogens is 2. The SMILES string of the molecule is COc1cc(F)ccc1Nc1cc(F)cc([N+](=O)[O-])c1. The topological polar surface area (TPSA) is 64.4 Å². The lowest BCUT2D eigenvalue weighted by Crippen LogP contribution is -1.97. The number of ether oxygens (including phenoxy) is 1. The Morgan fingerprint density at radius 2 is 1.90 bits per heavy atom. The van der Waals surface area contributed by atoms with Crippen LogP contribution in [0.4, 0.5) is 25.8 Å². The van der Waals surface area contributed by atoms with Crippen molar-refractivity contribution in [3.8, 4) is 5.75 Å². The second kappa shape index (κ2) is 5.52. The van der Waals surface area contributed by atoms with Gasteiger partial charge in [-0.3, -0.25) is 10.1 Å². The molecule has 0 aromatic heterocycles. The lowest BCUT2D eigenvalue weighted by atomic mass is 10.2. The Morgan fingerprint density at radius 1 is 1.15 bits per heavy atom. The molecule has 104 valence electrons. The van der Waals surface area contributed by atoms with E-state index in [2.05, 4.69) is 5.32 Å². The first-order valence-corrected chi connectivity index (χ1v) is 5.55. The first kappa shape index (κ1) is 13.7. The second-order valence-electron chi connectivity index (χ2n) is 3.92. The van der Waals surface area contributed by atoms with E-state index in [9.17, 15) is 18.9 Å². The van der Waals surface area contributed by atoms with Gasteiger partial charge >= 0.3 is 0 Å². The molecule has 0 aliphatic rings. The largest absolute Gasteiger partial charge is 0.494 e. The zero-order chi connectivity index (χ0) is 14.7. The summed E-state index contributed by atoms with van der Waals surface area (Å²) in [7, 11) is 1.36. The van der Waals surface area contributed by atoms with Gasteiger partial charge in [0.25, 0.3) is 5.69 Å². The zero-order valence-corrected chi connectivity index (χ0v) is 10.4. The van der Waals surface area contributed by atoms with Gasteiger partial charge in [-0.25, -0.2) is 8.78 Å². The molecule has 2 aromatic rings. The van der Waals surface area contributed by atoms with E-state index >= 15 is 0 Å². The van der Waals surface area contributed by atoms with Gasteiger partial charge in [0, 0.05) is 17.8 Å². The molecule has 0 fully saturated rings. The highest BCUT2D eigenvalue weighted by Gasteiger charge is 2.11. The van der Waals surface area contributed by atoms with Crippen molar-refractivity contribution in [2.45, 2.75) is 0 Å². The fourth-order valence-corrected chi connectivity index (χ4v) is 1.68. The van der Waals surface area contributed by atoms with E-state index in [1.807, 2.05) is 0 Å². The van der Waals surface area contributed by atoms with Crippen LogP contribution in [0, 0.1) is 21.7 Å². The van der Waals surface area contributed by atoms with Crippen LogP contribution in [-0.2, 0) is 0 Å². The van der Waals surface area contributed by atoms with E-state index in [1.54, 1.807) is 0 Å². The number of non-ortho nitro benzene ring substituents is 1. The van der Waals surface area contributed by atoms with E-state index in [1.165, 1.54) is 25.3 Å². The summed E-state index contributed by atoms with van der Waals surface area (Å²) in [6.45, 7) is 0. The molecule has 0 aliphatic heterocycles. The van der Waals surface area contributed by atoms with Crippen molar-refractivity contribution >= 4 is 17.1 Å². The summed E-state index contributed by atoms with van der Waals surface area (Å²) in [6, 6.07) is 6.81. The Bertz CT molecular complexity index is 662. The molecule has 0 atom stereocenters. The fraction of sp³-hybridized carbons (Fsp3) is 0.0769. The minimum atomic E-state index is -0.747. The number of hydrogen-bond donors (Lipinski definition) is 1. The van der Waals surface area contributed by atoms with Gasteiger partial charge in [0.15, 0.2) is 0 Å². The van der Waals surface area contributed by atoms with Gasteiger partial charge in [-0.1, -0.05) is 0 Å². The summed E-state index contributed by atoms with van der Waals surface area (Å²) in [5.41, 5.74) is 0.156. The minimum absolute atomic E-state index is 0.168. The molecule has 1 N–H and O–H groups in total. The van der Waals surface area contributed by atoms with Gasteiger partial charge < -0.3 is 10.1 Å². The summed E-state index contributed by atoms with van der Waals surface area (Å²) in [4.78, 5) is 9.96. The van der Waals surface area contributed by atoms with E-state index in [0.29, 0.717) is 5.69 Å². The number of rotatable bonds is 4. The molecule has 0 amide bonds. The van der Waals surface area contributed by atoms with E-state index in [4.69, 9.17) is 4.74 Å². The highest BCUT2D eigenvalue weighted by atomic mass is 19.1. The molecule has 20 heavy (non-hydrogen) atoms. The summed E-state index contributed by atoms with van der Waals surface area (Å²) in [6.07, 6.45) is 0. The Kier molecular flexibility index (Phi) is 3.79. The first-order valence-electron chi connectivity index (χ1n) is 5.55. The summed E-state index contributed by atoms with van der Waals surface area (Å²) in [5.74, 6) is -1.03. The normalized spacial score (nSPS) is 10.2. The quantitative estimate of drug-likeness (QED) is 0.686. The molecule has 0 saturated heterocycles. The predicted octanol–water partition coefficient (Wildman–Crippen LogP) is 3.63. The van der Waals surface area contributed by atoms with Crippen LogP contribution < -0.4 is 10.1 Å². The van der Waals surface area contributed by atoms with Gasteiger partial charge in [-0.05, 0) is 18.2 Å². The van der Waals surface area contributed by atoms with Crippen LogP contribution in [0.3, 0.4) is 0 Å². The molecule has 0 unspecified atom stereocenters. The Labute approximate surface area is 113 Å². The highest BCUT2D eigenvalue weighted by molar-refractivity contribution is 5.67. The smallest absolute Gasteiger partial charge is 0.274 e. The minimum Gasteiger partial charge on any atom is -0.494 e. The Balaban J connectivity index is 2.37.